The third kappa shape index (κ3) is 4.48. The van der Waals surface area contributed by atoms with Crippen LogP contribution in [-0.2, 0) is 11.0 Å². The van der Waals surface area contributed by atoms with Gasteiger partial charge in [-0.3, -0.25) is 4.79 Å². The summed E-state index contributed by atoms with van der Waals surface area (Å²) >= 11 is 0. The Bertz CT molecular complexity index is 610. The summed E-state index contributed by atoms with van der Waals surface area (Å²) in [6, 6.07) is 4.81. The van der Waals surface area contributed by atoms with Gasteiger partial charge >= 0.3 is 6.18 Å². The Morgan fingerprint density at radius 3 is 2.32 bits per heavy atom. The van der Waals surface area contributed by atoms with Crippen molar-refractivity contribution in [2.24, 2.45) is 5.41 Å². The van der Waals surface area contributed by atoms with Gasteiger partial charge in [-0.15, -0.1) is 0 Å². The van der Waals surface area contributed by atoms with Crippen molar-refractivity contribution in [3.63, 3.8) is 0 Å². The first kappa shape index (κ1) is 16.3. The molecule has 0 atom stereocenters. The minimum Gasteiger partial charge on any atom is -0.362 e. The molecule has 1 aromatic carbocycles. The zero-order valence-electron chi connectivity index (χ0n) is 12.5. The van der Waals surface area contributed by atoms with Crippen LogP contribution in [0.15, 0.2) is 48.2 Å². The van der Waals surface area contributed by atoms with E-state index in [0.717, 1.165) is 24.1 Å². The molecule has 0 heterocycles. The van der Waals surface area contributed by atoms with Crippen molar-refractivity contribution in [3.8, 4) is 0 Å². The molecule has 2 nitrogen and oxygen atoms in total. The standard InChI is InChI=1S/C17H18F3NO/c1-16(2)10-12(9-15(22)11-16)7-8-21-14-5-3-13(4-6-14)17(18,19)20/h3-9,21H,10-11H2,1-2H3. The number of ketones is 1. The summed E-state index contributed by atoms with van der Waals surface area (Å²) in [5.74, 6) is 0.102. The Balaban J connectivity index is 1.99. The van der Waals surface area contributed by atoms with Crippen molar-refractivity contribution in [1.29, 1.82) is 0 Å². The van der Waals surface area contributed by atoms with E-state index in [-0.39, 0.29) is 11.2 Å². The maximum atomic E-state index is 12.5. The van der Waals surface area contributed by atoms with Crippen LogP contribution in [0.25, 0.3) is 0 Å². The van der Waals surface area contributed by atoms with E-state index in [1.165, 1.54) is 12.1 Å². The number of anilines is 1. The fraction of sp³-hybridized carbons (Fsp3) is 0.353. The number of carbonyl (C=O) groups is 1. The Kier molecular flexibility index (Phi) is 4.44. The largest absolute Gasteiger partial charge is 0.416 e. The molecule has 1 N–H and O–H groups in total. The van der Waals surface area contributed by atoms with Gasteiger partial charge in [0.25, 0.3) is 0 Å². The maximum absolute atomic E-state index is 12.5. The molecule has 118 valence electrons. The SMILES string of the molecule is CC1(C)CC(=O)C=C(C=CNc2ccc(C(F)(F)F)cc2)C1. The third-order valence-corrected chi connectivity index (χ3v) is 3.44. The van der Waals surface area contributed by atoms with E-state index in [2.05, 4.69) is 5.32 Å². The molecular formula is C17H18F3NO. The summed E-state index contributed by atoms with van der Waals surface area (Å²) in [5, 5.41) is 2.91. The quantitative estimate of drug-likeness (QED) is 0.856. The lowest BCUT2D eigenvalue weighted by Gasteiger charge is -2.27. The molecule has 22 heavy (non-hydrogen) atoms. The smallest absolute Gasteiger partial charge is 0.362 e. The van der Waals surface area contributed by atoms with Crippen molar-refractivity contribution in [3.05, 3.63) is 53.8 Å². The van der Waals surface area contributed by atoms with E-state index in [1.54, 1.807) is 18.4 Å². The predicted octanol–water partition coefficient (Wildman–Crippen LogP) is 4.95. The number of halogens is 3. The normalized spacial score (nSPS) is 18.4. The van der Waals surface area contributed by atoms with Crippen molar-refractivity contribution in [2.75, 3.05) is 5.32 Å². The molecule has 0 aromatic heterocycles. The van der Waals surface area contributed by atoms with Gasteiger partial charge in [0.2, 0.25) is 0 Å². The zero-order chi connectivity index (χ0) is 16.4. The Morgan fingerprint density at radius 2 is 1.77 bits per heavy atom. The van der Waals surface area contributed by atoms with Crippen molar-refractivity contribution in [1.82, 2.24) is 0 Å². The van der Waals surface area contributed by atoms with Crippen LogP contribution in [0.4, 0.5) is 18.9 Å². The number of benzene rings is 1. The first-order valence-corrected chi connectivity index (χ1v) is 6.99. The van der Waals surface area contributed by atoms with Gasteiger partial charge in [-0.1, -0.05) is 13.8 Å². The molecule has 0 amide bonds. The van der Waals surface area contributed by atoms with Gasteiger partial charge in [-0.2, -0.15) is 13.2 Å². The summed E-state index contributed by atoms with van der Waals surface area (Å²) in [5.41, 5.74) is 0.746. The molecule has 1 aliphatic carbocycles. The molecule has 0 bridgehead atoms. The molecule has 0 saturated carbocycles. The average Bonchev–Trinajstić information content (AvgIpc) is 2.36. The monoisotopic (exact) mass is 309 g/mol. The highest BCUT2D eigenvalue weighted by atomic mass is 19.4. The van der Waals surface area contributed by atoms with Gasteiger partial charge in [0.05, 0.1) is 5.56 Å². The van der Waals surface area contributed by atoms with Gasteiger partial charge in [0, 0.05) is 18.3 Å². The molecule has 1 aliphatic rings. The van der Waals surface area contributed by atoms with Crippen molar-refractivity contribution < 1.29 is 18.0 Å². The van der Waals surface area contributed by atoms with Crippen LogP contribution in [0.2, 0.25) is 0 Å². The number of alkyl halides is 3. The zero-order valence-corrected chi connectivity index (χ0v) is 12.5. The van der Waals surface area contributed by atoms with Gasteiger partial charge in [-0.25, -0.2) is 0 Å². The van der Waals surface area contributed by atoms with Crippen LogP contribution >= 0.6 is 0 Å². The number of carbonyl (C=O) groups excluding carboxylic acids is 1. The summed E-state index contributed by atoms with van der Waals surface area (Å²) in [4.78, 5) is 11.6. The second-order valence-corrected chi connectivity index (χ2v) is 6.26. The van der Waals surface area contributed by atoms with E-state index in [9.17, 15) is 18.0 Å². The minimum atomic E-state index is -4.33. The number of rotatable bonds is 3. The lowest BCUT2D eigenvalue weighted by molar-refractivity contribution is -0.137. The summed E-state index contributed by atoms with van der Waals surface area (Å²) in [7, 11) is 0. The average molecular weight is 309 g/mol. The van der Waals surface area contributed by atoms with E-state index < -0.39 is 11.7 Å². The third-order valence-electron chi connectivity index (χ3n) is 3.44. The van der Waals surface area contributed by atoms with Gasteiger partial charge in [0.15, 0.2) is 5.78 Å². The van der Waals surface area contributed by atoms with Crippen LogP contribution in [0.3, 0.4) is 0 Å². The highest BCUT2D eigenvalue weighted by Crippen LogP contribution is 2.34. The van der Waals surface area contributed by atoms with Crippen LogP contribution in [-0.4, -0.2) is 5.78 Å². The fourth-order valence-corrected chi connectivity index (χ4v) is 2.50. The van der Waals surface area contributed by atoms with Crippen LogP contribution in [0.5, 0.6) is 0 Å². The number of hydrogen-bond acceptors (Lipinski definition) is 2. The van der Waals surface area contributed by atoms with Crippen LogP contribution in [0, 0.1) is 5.41 Å². The molecule has 5 heteroatoms. The Morgan fingerprint density at radius 1 is 1.14 bits per heavy atom. The van der Waals surface area contributed by atoms with Gasteiger partial charge in [0.1, 0.15) is 0 Å². The van der Waals surface area contributed by atoms with E-state index in [1.807, 2.05) is 13.8 Å². The van der Waals surface area contributed by atoms with Crippen molar-refractivity contribution >= 4 is 11.5 Å². The summed E-state index contributed by atoms with van der Waals surface area (Å²) < 4.78 is 37.4. The van der Waals surface area contributed by atoms with Gasteiger partial charge < -0.3 is 5.32 Å². The van der Waals surface area contributed by atoms with Crippen LogP contribution in [0.1, 0.15) is 32.3 Å². The Hall–Kier alpha value is -2.04. The van der Waals surface area contributed by atoms with E-state index >= 15 is 0 Å². The highest BCUT2D eigenvalue weighted by molar-refractivity contribution is 5.92. The van der Waals surface area contributed by atoms with E-state index in [0.29, 0.717) is 12.1 Å². The Labute approximate surface area is 127 Å². The van der Waals surface area contributed by atoms with E-state index in [4.69, 9.17) is 0 Å². The molecular weight excluding hydrogens is 291 g/mol. The van der Waals surface area contributed by atoms with Crippen molar-refractivity contribution in [2.45, 2.75) is 32.9 Å². The topological polar surface area (TPSA) is 29.1 Å². The minimum absolute atomic E-state index is 0.0557. The molecule has 0 saturated heterocycles. The number of hydrogen-bond donors (Lipinski definition) is 1. The van der Waals surface area contributed by atoms with Crippen LogP contribution < -0.4 is 5.32 Å². The first-order chi connectivity index (χ1) is 10.2. The summed E-state index contributed by atoms with van der Waals surface area (Å²) in [6.07, 6.45) is 2.06. The summed E-state index contributed by atoms with van der Waals surface area (Å²) in [6.45, 7) is 4.07. The molecule has 2 rings (SSSR count). The number of allylic oxidation sites excluding steroid dienone is 3. The second-order valence-electron chi connectivity index (χ2n) is 6.26. The molecule has 0 aliphatic heterocycles. The predicted molar refractivity (Wildman–Crippen MR) is 80.3 cm³/mol. The maximum Gasteiger partial charge on any atom is 0.416 e. The second kappa shape index (κ2) is 5.99. The number of nitrogens with one attached hydrogen (secondary N) is 1. The first-order valence-electron chi connectivity index (χ1n) is 6.99. The molecule has 1 aromatic rings. The fourth-order valence-electron chi connectivity index (χ4n) is 2.50. The lowest BCUT2D eigenvalue weighted by atomic mass is 9.77. The molecule has 0 radical (unpaired) electrons. The lowest BCUT2D eigenvalue weighted by Crippen LogP contribution is -2.21. The molecule has 0 unspecified atom stereocenters. The molecule has 0 spiro atoms. The molecule has 0 fully saturated rings. The highest BCUT2D eigenvalue weighted by Gasteiger charge is 2.30. The van der Waals surface area contributed by atoms with Gasteiger partial charge in [-0.05, 0) is 53.8 Å².